The summed E-state index contributed by atoms with van der Waals surface area (Å²) < 4.78 is 0. The third kappa shape index (κ3) is 12.5. The van der Waals surface area contributed by atoms with Gasteiger partial charge in [0.1, 0.15) is 12.1 Å². The molecule has 12 heteroatoms. The molecular weight excluding hydrogens is 572 g/mol. The number of carbonyl (C=O) groups excluding carboxylic acids is 5. The van der Waals surface area contributed by atoms with Gasteiger partial charge in [0.05, 0.1) is 0 Å². The molecule has 4 amide bonds. The quantitative estimate of drug-likeness (QED) is 0.120. The highest BCUT2D eigenvalue weighted by Crippen LogP contribution is 2.39. The minimum absolute atomic E-state index is 0.0181. The monoisotopic (exact) mass is 612 g/mol. The van der Waals surface area contributed by atoms with Crippen LogP contribution in [0.2, 0.25) is 5.02 Å². The van der Waals surface area contributed by atoms with Crippen LogP contribution in [0.1, 0.15) is 64.9 Å². The third-order valence-corrected chi connectivity index (χ3v) is 9.65. The van der Waals surface area contributed by atoms with Crippen LogP contribution in [0.4, 0.5) is 0 Å². The first-order chi connectivity index (χ1) is 19.1. The van der Waals surface area contributed by atoms with Crippen molar-refractivity contribution in [3.8, 4) is 0 Å². The normalized spacial score (nSPS) is 16.2. The van der Waals surface area contributed by atoms with E-state index in [0.717, 1.165) is 19.3 Å². The van der Waals surface area contributed by atoms with Gasteiger partial charge in [-0.2, -0.15) is 0 Å². The number of likely N-dealkylation sites (N-methyl/N-ethyl adjacent to an activating group) is 1. The van der Waals surface area contributed by atoms with Crippen molar-refractivity contribution in [2.24, 2.45) is 5.92 Å². The average Bonchev–Trinajstić information content (AvgIpc) is 3.43. The maximum Gasteiger partial charge on any atom is 0.289 e. The number of hydrogen-bond acceptors (Lipinski definition) is 7. The van der Waals surface area contributed by atoms with E-state index < -0.39 is 35.6 Å². The number of hydrogen-bond donors (Lipinski definition) is 4. The number of ketones is 1. The fourth-order valence-electron chi connectivity index (χ4n) is 4.14. The van der Waals surface area contributed by atoms with Crippen LogP contribution in [0.15, 0.2) is 24.3 Å². The van der Waals surface area contributed by atoms with Crippen LogP contribution in [0, 0.1) is 5.92 Å². The zero-order valence-corrected chi connectivity index (χ0v) is 25.8. The first-order valence-corrected chi connectivity index (χ1v) is 16.6. The Morgan fingerprint density at radius 2 is 1.70 bits per heavy atom. The lowest BCUT2D eigenvalue weighted by atomic mass is 9.99. The van der Waals surface area contributed by atoms with Gasteiger partial charge in [-0.1, -0.05) is 65.6 Å². The lowest BCUT2D eigenvalue weighted by molar-refractivity contribution is -0.140. The van der Waals surface area contributed by atoms with Gasteiger partial charge in [-0.15, -0.1) is 0 Å². The van der Waals surface area contributed by atoms with Crippen LogP contribution in [0.3, 0.4) is 0 Å². The van der Waals surface area contributed by atoms with E-state index >= 15 is 0 Å². The lowest BCUT2D eigenvalue weighted by Crippen LogP contribution is -2.56. The first kappa shape index (κ1) is 34.0. The van der Waals surface area contributed by atoms with Crippen LogP contribution in [0.25, 0.3) is 0 Å². The summed E-state index contributed by atoms with van der Waals surface area (Å²) in [7, 11) is 3.85. The molecule has 0 radical (unpaired) electrons. The predicted octanol–water partition coefficient (Wildman–Crippen LogP) is 3.43. The fourth-order valence-corrected chi connectivity index (χ4v) is 7.29. The largest absolute Gasteiger partial charge is 0.356 e. The molecule has 1 aliphatic rings. The molecule has 1 aromatic rings. The predicted molar refractivity (Wildman–Crippen MR) is 162 cm³/mol. The smallest absolute Gasteiger partial charge is 0.289 e. The zero-order valence-electron chi connectivity index (χ0n) is 23.4. The summed E-state index contributed by atoms with van der Waals surface area (Å²) >= 11 is 5.95. The van der Waals surface area contributed by atoms with Crippen molar-refractivity contribution in [3.05, 3.63) is 34.9 Å². The van der Waals surface area contributed by atoms with E-state index in [-0.39, 0.29) is 37.8 Å². The summed E-state index contributed by atoms with van der Waals surface area (Å²) in [5.74, 6) is -1.70. The Kier molecular flexibility index (Phi) is 15.5. The van der Waals surface area contributed by atoms with E-state index in [2.05, 4.69) is 21.3 Å². The second-order valence-electron chi connectivity index (χ2n) is 10.1. The zero-order chi connectivity index (χ0) is 29.5. The Morgan fingerprint density at radius 1 is 0.975 bits per heavy atom. The summed E-state index contributed by atoms with van der Waals surface area (Å²) in [6, 6.07) is 4.72. The Morgan fingerprint density at radius 3 is 2.33 bits per heavy atom. The van der Waals surface area contributed by atoms with Crippen molar-refractivity contribution in [1.82, 2.24) is 21.3 Å². The Hall–Kier alpha value is -2.24. The van der Waals surface area contributed by atoms with Crippen LogP contribution < -0.4 is 21.3 Å². The average molecular weight is 613 g/mol. The number of benzene rings is 1. The number of rotatable bonds is 17. The molecule has 222 valence electrons. The van der Waals surface area contributed by atoms with Crippen molar-refractivity contribution in [3.63, 3.8) is 0 Å². The second-order valence-corrected chi connectivity index (χ2v) is 13.3. The van der Waals surface area contributed by atoms with Crippen molar-refractivity contribution in [1.29, 1.82) is 0 Å². The van der Waals surface area contributed by atoms with Gasteiger partial charge in [-0.05, 0) is 49.8 Å². The van der Waals surface area contributed by atoms with Gasteiger partial charge in [0.25, 0.3) is 5.91 Å². The van der Waals surface area contributed by atoms with Crippen LogP contribution in [-0.2, 0) is 30.4 Å². The third-order valence-electron chi connectivity index (χ3n) is 6.39. The van der Waals surface area contributed by atoms with Crippen LogP contribution in [0.5, 0.6) is 0 Å². The molecule has 0 aliphatic carbocycles. The van der Waals surface area contributed by atoms with E-state index in [1.807, 2.05) is 21.6 Å². The molecule has 3 atom stereocenters. The highest BCUT2D eigenvalue weighted by molar-refractivity contribution is 8.77. The molecule has 0 aromatic heterocycles. The van der Waals surface area contributed by atoms with Gasteiger partial charge in [0.15, 0.2) is 0 Å². The number of Topliss-reactive ketones (excluding diaryl/α,β-unsaturated/α-hetero) is 1. The molecule has 9 nitrogen and oxygen atoms in total. The first-order valence-electron chi connectivity index (χ1n) is 13.8. The minimum atomic E-state index is -1.12. The molecule has 0 bridgehead atoms. The molecule has 1 saturated heterocycles. The van der Waals surface area contributed by atoms with Crippen molar-refractivity contribution in [2.75, 3.05) is 18.8 Å². The minimum Gasteiger partial charge on any atom is -0.356 e. The second kappa shape index (κ2) is 18.2. The summed E-state index contributed by atoms with van der Waals surface area (Å²) in [6.07, 6.45) is 4.73. The topological polar surface area (TPSA) is 133 Å². The fraction of sp³-hybridized carbons (Fsp3) is 0.607. The van der Waals surface area contributed by atoms with Crippen molar-refractivity contribution >= 4 is 62.6 Å². The van der Waals surface area contributed by atoms with Gasteiger partial charge in [0.2, 0.25) is 23.5 Å². The number of unbranched alkanes of at least 4 members (excludes halogenated alkanes) is 1. The molecular formula is C28H41ClN4O5S2. The van der Waals surface area contributed by atoms with Gasteiger partial charge < -0.3 is 21.3 Å². The summed E-state index contributed by atoms with van der Waals surface area (Å²) in [6.45, 7) is 5.68. The molecule has 2 rings (SSSR count). The number of nitrogens with one attached hydrogen (secondary N) is 4. The van der Waals surface area contributed by atoms with Crippen LogP contribution in [-0.4, -0.2) is 65.6 Å². The Labute approximate surface area is 249 Å². The summed E-state index contributed by atoms with van der Waals surface area (Å²) in [4.78, 5) is 63.0. The van der Waals surface area contributed by atoms with E-state index in [1.54, 1.807) is 45.0 Å². The van der Waals surface area contributed by atoms with Crippen molar-refractivity contribution < 1.29 is 24.0 Å². The Bertz CT molecular complexity index is 1000. The highest BCUT2D eigenvalue weighted by atomic mass is 35.5. The highest BCUT2D eigenvalue weighted by Gasteiger charge is 2.31. The molecule has 4 N–H and O–H groups in total. The SMILES string of the molecule is CCNC(=O)C(=O)[C@H](Cc1ccc(Cl)cc1)NC(=O)[C@@H](NC(=O)CCNC(=O)CCCCC1CCSS1)C(C)C. The molecule has 1 aliphatic heterocycles. The maximum absolute atomic E-state index is 13.2. The Balaban J connectivity index is 1.86. The summed E-state index contributed by atoms with van der Waals surface area (Å²) in [5.41, 5.74) is 0.713. The van der Waals surface area contributed by atoms with E-state index in [4.69, 9.17) is 11.6 Å². The molecule has 1 heterocycles. The number of halogens is 1. The molecule has 0 saturated carbocycles. The molecule has 1 aromatic carbocycles. The molecule has 1 fully saturated rings. The van der Waals surface area contributed by atoms with Gasteiger partial charge >= 0.3 is 0 Å². The lowest BCUT2D eigenvalue weighted by Gasteiger charge is -2.25. The van der Waals surface area contributed by atoms with Crippen molar-refractivity contribution in [2.45, 2.75) is 83.1 Å². The molecule has 1 unspecified atom stereocenters. The van der Waals surface area contributed by atoms with Gasteiger partial charge in [-0.25, -0.2) is 0 Å². The number of carbonyl (C=O) groups is 5. The van der Waals surface area contributed by atoms with E-state index in [1.165, 1.54) is 12.2 Å². The van der Waals surface area contributed by atoms with Gasteiger partial charge in [-0.3, -0.25) is 24.0 Å². The van der Waals surface area contributed by atoms with Gasteiger partial charge in [0, 0.05) is 48.4 Å². The number of amides is 4. The summed E-state index contributed by atoms with van der Waals surface area (Å²) in [5, 5.41) is 11.8. The molecule has 0 spiro atoms. The van der Waals surface area contributed by atoms with E-state index in [9.17, 15) is 24.0 Å². The standard InChI is InChI=1S/C28H41ClN4O5S2/c1-4-30-28(38)26(36)22(17-19-9-11-20(29)12-10-19)32-27(37)25(18(2)3)33-24(35)13-15-31-23(34)8-6-5-7-21-14-16-39-40-21/h9-12,18,21-22,25H,4-8,13-17H2,1-3H3,(H,30,38)(H,31,34)(H,32,37)(H,33,35)/t21?,22-,25-/m0/s1. The molecule has 40 heavy (non-hydrogen) atoms. The van der Waals surface area contributed by atoms with Crippen LogP contribution >= 0.6 is 33.2 Å². The maximum atomic E-state index is 13.2. The van der Waals surface area contributed by atoms with E-state index in [0.29, 0.717) is 22.3 Å².